The molecule has 1 aromatic heterocycles. The van der Waals surface area contributed by atoms with Gasteiger partial charge in [0.25, 0.3) is 0 Å². The van der Waals surface area contributed by atoms with Crippen LogP contribution in [-0.2, 0) is 9.47 Å². The zero-order valence-electron chi connectivity index (χ0n) is 21.4. The Morgan fingerprint density at radius 2 is 1.41 bits per heavy atom. The molecular weight excluding hydrogens is 470 g/mol. The Balaban J connectivity index is 1.73. The zero-order chi connectivity index (χ0) is 25.8. The van der Waals surface area contributed by atoms with Gasteiger partial charge in [-0.25, -0.2) is 9.59 Å². The van der Waals surface area contributed by atoms with Crippen LogP contribution in [0.25, 0.3) is 21.5 Å². The van der Waals surface area contributed by atoms with Gasteiger partial charge >= 0.3 is 11.9 Å². The van der Waals surface area contributed by atoms with Crippen molar-refractivity contribution in [2.75, 3.05) is 27.4 Å². The van der Waals surface area contributed by atoms with Gasteiger partial charge < -0.3 is 23.9 Å². The third kappa shape index (κ3) is 3.26. The van der Waals surface area contributed by atoms with Gasteiger partial charge in [0.2, 0.25) is 0 Å². The zero-order valence-corrected chi connectivity index (χ0v) is 21.4. The number of H-pyrrole nitrogens is 1. The number of esters is 2. The molecular formula is C30H29NO6. The minimum absolute atomic E-state index is 0.0842. The minimum Gasteiger partial charge on any atom is -0.497 e. The summed E-state index contributed by atoms with van der Waals surface area (Å²) in [7, 11) is 3.35. The minimum atomic E-state index is -0.451. The van der Waals surface area contributed by atoms with Crippen LogP contribution in [0.3, 0.4) is 0 Å². The molecule has 3 aliphatic carbocycles. The van der Waals surface area contributed by atoms with Crippen molar-refractivity contribution in [2.45, 2.75) is 38.5 Å². The lowest BCUT2D eigenvalue weighted by molar-refractivity contribution is 0.0515. The molecule has 0 saturated carbocycles. The van der Waals surface area contributed by atoms with Crippen molar-refractivity contribution in [1.82, 2.24) is 4.98 Å². The lowest BCUT2D eigenvalue weighted by Gasteiger charge is -2.41. The Bertz CT molecular complexity index is 1530. The van der Waals surface area contributed by atoms with Gasteiger partial charge in [0.15, 0.2) is 0 Å². The van der Waals surface area contributed by atoms with Gasteiger partial charge in [-0.3, -0.25) is 0 Å². The van der Waals surface area contributed by atoms with E-state index in [1.807, 2.05) is 18.2 Å². The number of hydrogen-bond donors (Lipinski definition) is 1. The van der Waals surface area contributed by atoms with E-state index in [0.717, 1.165) is 57.0 Å². The number of carbonyl (C=O) groups is 2. The number of methoxy groups -OCH3 is 2. The van der Waals surface area contributed by atoms with Crippen LogP contribution in [0.1, 0.15) is 81.8 Å². The van der Waals surface area contributed by atoms with E-state index in [-0.39, 0.29) is 25.0 Å². The summed E-state index contributed by atoms with van der Waals surface area (Å²) in [5.74, 6) is 0.486. The molecule has 4 aromatic rings. The van der Waals surface area contributed by atoms with Crippen LogP contribution in [0.15, 0.2) is 36.4 Å². The molecule has 190 valence electrons. The smallest absolute Gasteiger partial charge is 0.355 e. The molecule has 0 fully saturated rings. The molecule has 1 heterocycles. The first-order chi connectivity index (χ1) is 18.0. The Hall–Kier alpha value is -4.00. The fraction of sp³-hybridized carbons (Fsp3) is 0.333. The van der Waals surface area contributed by atoms with E-state index >= 15 is 0 Å². The molecule has 3 aliphatic rings. The lowest BCUT2D eigenvalue weighted by atomic mass is 9.61. The highest BCUT2D eigenvalue weighted by Gasteiger charge is 2.46. The molecule has 7 rings (SSSR count). The standard InChI is InChI=1S/C30H29NO6/c1-5-36-29(32)27-25-18-12-13-19(26(25)28(31-27)30(33)37-6-2)24-20-14-15(34-3)10-11-16(20)22-17(23(18)24)8-7-9-21(22)35-4/h7-11,14,18-19,31H,5-6,12-13H2,1-4H3. The summed E-state index contributed by atoms with van der Waals surface area (Å²) >= 11 is 0. The number of fused-ring (bicyclic) bond motifs is 4. The average molecular weight is 500 g/mol. The number of ether oxygens (including phenoxy) is 4. The van der Waals surface area contributed by atoms with Crippen molar-refractivity contribution in [3.63, 3.8) is 0 Å². The molecule has 0 aliphatic heterocycles. The van der Waals surface area contributed by atoms with Crippen LogP contribution in [0.2, 0.25) is 0 Å². The molecule has 0 saturated heterocycles. The number of aromatic nitrogens is 1. The van der Waals surface area contributed by atoms with Crippen LogP contribution in [-0.4, -0.2) is 44.4 Å². The summed E-state index contributed by atoms with van der Waals surface area (Å²) in [6.07, 6.45) is 1.72. The topological polar surface area (TPSA) is 86.9 Å². The number of rotatable bonds is 6. The first-order valence-corrected chi connectivity index (χ1v) is 12.7. The summed E-state index contributed by atoms with van der Waals surface area (Å²) in [5, 5.41) is 4.27. The van der Waals surface area contributed by atoms with E-state index in [0.29, 0.717) is 11.4 Å². The lowest BCUT2D eigenvalue weighted by Crippen LogP contribution is -2.27. The van der Waals surface area contributed by atoms with E-state index < -0.39 is 11.9 Å². The van der Waals surface area contributed by atoms with Gasteiger partial charge in [-0.1, -0.05) is 12.1 Å². The number of hydrogen-bond acceptors (Lipinski definition) is 6. The molecule has 37 heavy (non-hydrogen) atoms. The van der Waals surface area contributed by atoms with Crippen LogP contribution in [0.4, 0.5) is 0 Å². The second-order valence-corrected chi connectivity index (χ2v) is 9.45. The van der Waals surface area contributed by atoms with Gasteiger partial charge in [0.05, 0.1) is 27.4 Å². The van der Waals surface area contributed by atoms with Gasteiger partial charge in [0, 0.05) is 17.2 Å². The molecule has 0 amide bonds. The van der Waals surface area contributed by atoms with E-state index in [1.54, 1.807) is 28.1 Å². The van der Waals surface area contributed by atoms with E-state index in [1.165, 1.54) is 11.1 Å². The van der Waals surface area contributed by atoms with Gasteiger partial charge in [0.1, 0.15) is 22.9 Å². The summed E-state index contributed by atoms with van der Waals surface area (Å²) in [6.45, 7) is 4.05. The number of benzene rings is 3. The summed E-state index contributed by atoms with van der Waals surface area (Å²) in [6, 6.07) is 12.2. The molecule has 3 aromatic carbocycles. The molecule has 2 atom stereocenters. The maximum absolute atomic E-state index is 13.1. The van der Waals surface area contributed by atoms with Crippen molar-refractivity contribution in [3.05, 3.63) is 70.0 Å². The predicted molar refractivity (Wildman–Crippen MR) is 140 cm³/mol. The first-order valence-electron chi connectivity index (χ1n) is 12.7. The molecule has 7 nitrogen and oxygen atoms in total. The van der Waals surface area contributed by atoms with Crippen molar-refractivity contribution in [1.29, 1.82) is 0 Å². The number of nitrogens with one attached hydrogen (secondary N) is 1. The quantitative estimate of drug-likeness (QED) is 0.256. The first kappa shape index (κ1) is 23.4. The van der Waals surface area contributed by atoms with Crippen molar-refractivity contribution < 1.29 is 28.5 Å². The van der Waals surface area contributed by atoms with Crippen LogP contribution in [0.5, 0.6) is 11.5 Å². The highest BCUT2D eigenvalue weighted by Crippen LogP contribution is 2.59. The Morgan fingerprint density at radius 3 is 1.97 bits per heavy atom. The van der Waals surface area contributed by atoms with Crippen LogP contribution in [0, 0.1) is 0 Å². The number of carbonyl (C=O) groups excluding carboxylic acids is 2. The SMILES string of the molecule is CCOC(=O)c1[nH]c(C(=O)OCC)c2c1C1CCC2c2c1c1cc(OC)ccc1c1c(OC)cccc21. The Labute approximate surface area is 214 Å². The second kappa shape index (κ2) is 8.83. The van der Waals surface area contributed by atoms with Gasteiger partial charge in [-0.15, -0.1) is 0 Å². The van der Waals surface area contributed by atoms with Crippen molar-refractivity contribution in [3.8, 4) is 11.5 Å². The summed E-state index contributed by atoms with van der Waals surface area (Å²) in [5.41, 5.74) is 4.77. The van der Waals surface area contributed by atoms with E-state index in [9.17, 15) is 9.59 Å². The molecule has 7 heteroatoms. The van der Waals surface area contributed by atoms with E-state index in [4.69, 9.17) is 18.9 Å². The van der Waals surface area contributed by atoms with Gasteiger partial charge in [-0.05, 0) is 89.4 Å². The maximum atomic E-state index is 13.1. The predicted octanol–water partition coefficient (Wildman–Crippen LogP) is 6.06. The van der Waals surface area contributed by atoms with Gasteiger partial charge in [-0.2, -0.15) is 0 Å². The third-order valence-corrected chi connectivity index (χ3v) is 7.79. The number of aromatic amines is 1. The molecule has 0 radical (unpaired) electrons. The highest BCUT2D eigenvalue weighted by atomic mass is 16.5. The van der Waals surface area contributed by atoms with Crippen LogP contribution >= 0.6 is 0 Å². The normalized spacial score (nSPS) is 17.4. The second-order valence-electron chi connectivity index (χ2n) is 9.45. The third-order valence-electron chi connectivity index (χ3n) is 7.79. The monoisotopic (exact) mass is 499 g/mol. The largest absolute Gasteiger partial charge is 0.497 e. The Kier molecular flexibility index (Phi) is 5.59. The molecule has 2 bridgehead atoms. The van der Waals surface area contributed by atoms with Crippen molar-refractivity contribution >= 4 is 33.5 Å². The summed E-state index contributed by atoms with van der Waals surface area (Å²) < 4.78 is 22.2. The maximum Gasteiger partial charge on any atom is 0.355 e. The fourth-order valence-electron chi connectivity index (χ4n) is 6.52. The van der Waals surface area contributed by atoms with Crippen LogP contribution < -0.4 is 9.47 Å². The summed E-state index contributed by atoms with van der Waals surface area (Å²) in [4.78, 5) is 29.4. The Morgan fingerprint density at radius 1 is 0.784 bits per heavy atom. The average Bonchev–Trinajstić information content (AvgIpc) is 3.35. The molecule has 0 spiro atoms. The molecule has 2 unspecified atom stereocenters. The van der Waals surface area contributed by atoms with Crippen molar-refractivity contribution in [2.24, 2.45) is 0 Å². The fourth-order valence-corrected chi connectivity index (χ4v) is 6.52. The molecule has 1 N–H and O–H groups in total. The van der Waals surface area contributed by atoms with E-state index in [2.05, 4.69) is 23.2 Å². The highest BCUT2D eigenvalue weighted by molar-refractivity contribution is 6.15.